The zero-order valence-electron chi connectivity index (χ0n) is 8.33. The number of ether oxygens (including phenoxy) is 1. The molecule has 16 heavy (non-hydrogen) atoms. The van der Waals surface area contributed by atoms with Crippen molar-refractivity contribution >= 4 is 28.1 Å². The van der Waals surface area contributed by atoms with Crippen LogP contribution in [0.2, 0.25) is 0 Å². The van der Waals surface area contributed by atoms with Gasteiger partial charge in [-0.05, 0) is 46.3 Å². The third-order valence-electron chi connectivity index (χ3n) is 2.44. The zero-order chi connectivity index (χ0) is 11.0. The van der Waals surface area contributed by atoms with E-state index in [0.717, 1.165) is 21.3 Å². The van der Waals surface area contributed by atoms with Crippen molar-refractivity contribution in [3.8, 4) is 11.5 Å². The van der Waals surface area contributed by atoms with Gasteiger partial charge in [-0.2, -0.15) is 0 Å². The van der Waals surface area contributed by atoms with Crippen molar-refractivity contribution in [2.75, 3.05) is 0 Å². The maximum atomic E-state index is 5.84. The van der Waals surface area contributed by atoms with Crippen LogP contribution in [0.3, 0.4) is 0 Å². The fourth-order valence-electron chi connectivity index (χ4n) is 1.65. The molecule has 1 aliphatic rings. The molecule has 1 aliphatic heterocycles. The zero-order valence-corrected chi connectivity index (χ0v) is 9.91. The van der Waals surface area contributed by atoms with Gasteiger partial charge in [-0.1, -0.05) is 24.3 Å². The van der Waals surface area contributed by atoms with Crippen molar-refractivity contribution < 1.29 is 4.74 Å². The fraction of sp³-hybridized carbons (Fsp3) is 0. The lowest BCUT2D eigenvalue weighted by Crippen LogP contribution is -1.87. The third-order valence-corrected chi connectivity index (χ3v) is 3.06. The lowest BCUT2D eigenvalue weighted by atomic mass is 10.1. The molecule has 0 spiro atoms. The molecule has 0 fully saturated rings. The summed E-state index contributed by atoms with van der Waals surface area (Å²) in [6.45, 7) is 0. The Balaban J connectivity index is 2.22. The van der Waals surface area contributed by atoms with Crippen molar-refractivity contribution in [2.45, 2.75) is 0 Å². The van der Waals surface area contributed by atoms with Gasteiger partial charge in [0, 0.05) is 11.1 Å². The molecule has 0 aliphatic carbocycles. The van der Waals surface area contributed by atoms with E-state index >= 15 is 0 Å². The Kier molecular flexibility index (Phi) is 2.19. The van der Waals surface area contributed by atoms with Crippen LogP contribution in [-0.4, -0.2) is 0 Å². The highest BCUT2D eigenvalue weighted by Crippen LogP contribution is 2.37. The Morgan fingerprint density at radius 2 is 1.94 bits per heavy atom. The van der Waals surface area contributed by atoms with E-state index in [1.165, 1.54) is 0 Å². The summed E-state index contributed by atoms with van der Waals surface area (Å²) in [7, 11) is 0. The van der Waals surface area contributed by atoms with Gasteiger partial charge in [0.2, 0.25) is 0 Å². The van der Waals surface area contributed by atoms with Gasteiger partial charge in [0.05, 0.1) is 4.47 Å². The number of halogens is 1. The Morgan fingerprint density at radius 3 is 2.88 bits per heavy atom. The van der Waals surface area contributed by atoms with Gasteiger partial charge in [0.25, 0.3) is 0 Å². The molecule has 0 saturated carbocycles. The highest BCUT2D eigenvalue weighted by molar-refractivity contribution is 9.10. The molecular weight excluding hydrogens is 264 g/mol. The molecule has 0 unspecified atom stereocenters. The fourth-order valence-corrected chi connectivity index (χ4v) is 2.11. The smallest absolute Gasteiger partial charge is 0.185 e. The molecule has 0 atom stereocenters. The average Bonchev–Trinajstić information content (AvgIpc) is 2.50. The Hall–Kier alpha value is -1.72. The Morgan fingerprint density at radius 1 is 1.06 bits per heavy atom. The van der Waals surface area contributed by atoms with Crippen molar-refractivity contribution in [1.29, 1.82) is 0 Å². The molecule has 2 aromatic carbocycles. The van der Waals surface area contributed by atoms with Crippen LogP contribution in [0.15, 0.2) is 34.8 Å². The van der Waals surface area contributed by atoms with Crippen LogP contribution in [0.5, 0.6) is 11.5 Å². The Bertz CT molecular complexity index is 573. The van der Waals surface area contributed by atoms with Crippen molar-refractivity contribution in [3.63, 3.8) is 0 Å². The molecule has 76 valence electrons. The van der Waals surface area contributed by atoms with Gasteiger partial charge in [-0.15, -0.1) is 0 Å². The monoisotopic (exact) mass is 270 g/mol. The average molecular weight is 271 g/mol. The summed E-state index contributed by atoms with van der Waals surface area (Å²) < 4.78 is 6.78. The molecule has 1 heterocycles. The highest BCUT2D eigenvalue weighted by atomic mass is 79.9. The predicted molar refractivity (Wildman–Crippen MR) is 67.3 cm³/mol. The summed E-state index contributed by atoms with van der Waals surface area (Å²) >= 11 is 3.49. The normalized spacial score (nSPS) is 11.8. The van der Waals surface area contributed by atoms with Crippen molar-refractivity contribution in [1.82, 2.24) is 0 Å². The standard InChI is InChI=1S/C14H7BrO/c15-12-6-3-5-11-9-8-10-4-1-2-7-13(10)16-14(11)12/h1,3-6,8-9H. The topological polar surface area (TPSA) is 9.23 Å². The van der Waals surface area contributed by atoms with E-state index in [1.807, 2.05) is 42.5 Å². The highest BCUT2D eigenvalue weighted by Gasteiger charge is 2.12. The maximum absolute atomic E-state index is 5.84. The Labute approximate surface area is 103 Å². The summed E-state index contributed by atoms with van der Waals surface area (Å²) in [5.41, 5.74) is 2.07. The molecule has 0 radical (unpaired) electrons. The number of hydrogen-bond donors (Lipinski definition) is 0. The number of hydrogen-bond acceptors (Lipinski definition) is 1. The molecule has 0 saturated heterocycles. The van der Waals surface area contributed by atoms with E-state index in [-0.39, 0.29) is 0 Å². The van der Waals surface area contributed by atoms with Crippen molar-refractivity contribution in [2.24, 2.45) is 0 Å². The van der Waals surface area contributed by atoms with Crippen LogP contribution in [0.25, 0.3) is 12.2 Å². The largest absolute Gasteiger partial charge is 0.446 e. The lowest BCUT2D eigenvalue weighted by molar-refractivity contribution is 0.478. The molecule has 2 heteroatoms. The first-order valence-electron chi connectivity index (χ1n) is 4.91. The minimum Gasteiger partial charge on any atom is -0.446 e. The molecule has 0 bridgehead atoms. The first-order valence-corrected chi connectivity index (χ1v) is 5.71. The number of rotatable bonds is 0. The molecule has 2 aromatic rings. The van der Waals surface area contributed by atoms with Gasteiger partial charge < -0.3 is 4.74 Å². The lowest BCUT2D eigenvalue weighted by Gasteiger charge is -2.08. The minimum absolute atomic E-state index is 0.712. The summed E-state index contributed by atoms with van der Waals surface area (Å²) in [6, 6.07) is 15.6. The predicted octanol–water partition coefficient (Wildman–Crippen LogP) is 4.33. The molecule has 0 aromatic heterocycles. The van der Waals surface area contributed by atoms with Gasteiger partial charge >= 0.3 is 0 Å². The summed E-state index contributed by atoms with van der Waals surface area (Å²) in [5.74, 6) is 1.54. The minimum atomic E-state index is 0.712. The quantitative estimate of drug-likeness (QED) is 0.591. The van der Waals surface area contributed by atoms with Gasteiger partial charge in [-0.25, -0.2) is 0 Å². The maximum Gasteiger partial charge on any atom is 0.185 e. The molecule has 0 amide bonds. The van der Waals surface area contributed by atoms with Gasteiger partial charge in [0.15, 0.2) is 5.75 Å². The van der Waals surface area contributed by atoms with Crippen molar-refractivity contribution in [3.05, 3.63) is 58.1 Å². The van der Waals surface area contributed by atoms with Crippen LogP contribution in [-0.2, 0) is 0 Å². The van der Waals surface area contributed by atoms with Crippen LogP contribution in [0.4, 0.5) is 0 Å². The first-order chi connectivity index (χ1) is 7.84. The van der Waals surface area contributed by atoms with Crippen LogP contribution in [0, 0.1) is 12.1 Å². The van der Waals surface area contributed by atoms with Gasteiger partial charge in [0.1, 0.15) is 5.75 Å². The summed E-state index contributed by atoms with van der Waals surface area (Å²) in [5, 5.41) is 0. The third kappa shape index (κ3) is 1.50. The van der Waals surface area contributed by atoms with E-state index in [9.17, 15) is 0 Å². The second-order valence-corrected chi connectivity index (χ2v) is 4.34. The summed E-state index contributed by atoms with van der Waals surface area (Å²) in [6.07, 6.45) is 4.07. The van der Waals surface area contributed by atoms with Crippen LogP contribution >= 0.6 is 15.9 Å². The molecular formula is C14H7BrO. The second-order valence-electron chi connectivity index (χ2n) is 3.48. The molecule has 0 N–H and O–H groups in total. The number of para-hydroxylation sites is 1. The van der Waals surface area contributed by atoms with E-state index in [1.54, 1.807) is 0 Å². The molecule has 1 nitrogen and oxygen atoms in total. The first kappa shape index (κ1) is 9.50. The van der Waals surface area contributed by atoms with Gasteiger partial charge in [-0.3, -0.25) is 0 Å². The second kappa shape index (κ2) is 3.70. The van der Waals surface area contributed by atoms with E-state index in [4.69, 9.17) is 4.74 Å². The summed E-state index contributed by atoms with van der Waals surface area (Å²) in [4.78, 5) is 0. The SMILES string of the molecule is Brc1cccc2c1Oc1c#cccc1C=C2. The van der Waals surface area contributed by atoms with E-state index in [2.05, 4.69) is 28.1 Å². The molecule has 3 rings (SSSR count). The van der Waals surface area contributed by atoms with Crippen LogP contribution in [0.1, 0.15) is 11.1 Å². The number of fused-ring (bicyclic) bond motifs is 2. The van der Waals surface area contributed by atoms with Crippen LogP contribution < -0.4 is 4.74 Å². The number of benzene rings is 1. The van der Waals surface area contributed by atoms with E-state index in [0.29, 0.717) is 5.75 Å². The van der Waals surface area contributed by atoms with E-state index < -0.39 is 0 Å².